The predicted octanol–water partition coefficient (Wildman–Crippen LogP) is 4.61. The highest BCUT2D eigenvalue weighted by atomic mass is 32.2. The van der Waals surface area contributed by atoms with Crippen LogP contribution in [0.2, 0.25) is 0 Å². The second-order valence-corrected chi connectivity index (χ2v) is 5.50. The number of carbonyl (C=O) groups is 1. The summed E-state index contributed by atoms with van der Waals surface area (Å²) in [6.45, 7) is 0. The zero-order valence-electron chi connectivity index (χ0n) is 10.4. The van der Waals surface area contributed by atoms with E-state index in [1.165, 1.54) is 12.1 Å². The summed E-state index contributed by atoms with van der Waals surface area (Å²) in [5, 5.41) is 12.0. The number of hydrogen-bond donors (Lipinski definition) is 2. The van der Waals surface area contributed by atoms with Crippen molar-refractivity contribution in [2.75, 3.05) is 5.32 Å². The number of alkyl halides is 3. The van der Waals surface area contributed by atoms with Crippen molar-refractivity contribution in [2.45, 2.75) is 16.0 Å². The molecule has 2 aromatic rings. The predicted molar refractivity (Wildman–Crippen MR) is 72.3 cm³/mol. The second kappa shape index (κ2) is 4.70. The molecule has 0 fully saturated rings. The first-order chi connectivity index (χ1) is 9.86. The van der Waals surface area contributed by atoms with E-state index in [-0.39, 0.29) is 5.56 Å². The lowest BCUT2D eigenvalue weighted by Gasteiger charge is -2.23. The Hall–Kier alpha value is -2.15. The molecule has 0 amide bonds. The Kier molecular flexibility index (Phi) is 3.09. The van der Waals surface area contributed by atoms with Crippen molar-refractivity contribution in [3.8, 4) is 0 Å². The first kappa shape index (κ1) is 13.8. The van der Waals surface area contributed by atoms with E-state index in [1.807, 2.05) is 0 Å². The van der Waals surface area contributed by atoms with Gasteiger partial charge in [0.2, 0.25) is 0 Å². The molecule has 3 nitrogen and oxygen atoms in total. The minimum Gasteiger partial charge on any atom is -0.478 e. The van der Waals surface area contributed by atoms with Crippen LogP contribution in [0.25, 0.3) is 0 Å². The molecule has 2 aromatic carbocycles. The number of benzene rings is 2. The molecule has 0 aromatic heterocycles. The summed E-state index contributed by atoms with van der Waals surface area (Å²) in [6.07, 6.45) is -4.40. The van der Waals surface area contributed by atoms with Crippen molar-refractivity contribution in [1.29, 1.82) is 0 Å². The van der Waals surface area contributed by atoms with Gasteiger partial charge in [-0.15, -0.1) is 0 Å². The van der Waals surface area contributed by atoms with Crippen LogP contribution in [0, 0.1) is 0 Å². The van der Waals surface area contributed by atoms with Crippen LogP contribution < -0.4 is 5.32 Å². The third-order valence-corrected chi connectivity index (χ3v) is 4.16. The summed E-state index contributed by atoms with van der Waals surface area (Å²) >= 11 is 1.12. The van der Waals surface area contributed by atoms with Gasteiger partial charge >= 0.3 is 12.1 Å². The van der Waals surface area contributed by atoms with Gasteiger partial charge in [0.1, 0.15) is 0 Å². The lowest BCUT2D eigenvalue weighted by molar-refractivity contribution is -0.137. The number of hydrogen-bond acceptors (Lipinski definition) is 3. The molecule has 0 spiro atoms. The van der Waals surface area contributed by atoms with Crippen molar-refractivity contribution in [3.63, 3.8) is 0 Å². The highest BCUT2D eigenvalue weighted by Crippen LogP contribution is 2.47. The van der Waals surface area contributed by atoms with E-state index in [4.69, 9.17) is 5.11 Å². The van der Waals surface area contributed by atoms with Gasteiger partial charge in [-0.1, -0.05) is 17.8 Å². The molecule has 0 unspecified atom stereocenters. The Morgan fingerprint density at radius 3 is 2.57 bits per heavy atom. The van der Waals surface area contributed by atoms with Crippen molar-refractivity contribution >= 4 is 29.1 Å². The number of halogens is 3. The van der Waals surface area contributed by atoms with Gasteiger partial charge in [0.05, 0.1) is 22.5 Å². The molecule has 0 saturated heterocycles. The van der Waals surface area contributed by atoms with Crippen molar-refractivity contribution < 1.29 is 23.1 Å². The third-order valence-electron chi connectivity index (χ3n) is 3.05. The normalized spacial score (nSPS) is 13.1. The molecule has 0 bridgehead atoms. The Balaban J connectivity index is 2.06. The summed E-state index contributed by atoms with van der Waals surface area (Å²) in [6, 6.07) is 8.03. The quantitative estimate of drug-likeness (QED) is 0.689. The van der Waals surface area contributed by atoms with Crippen LogP contribution in [0.1, 0.15) is 15.9 Å². The summed E-state index contributed by atoms with van der Waals surface area (Å²) in [5.41, 5.74) is 0.232. The van der Waals surface area contributed by atoms with Gasteiger partial charge in [-0.3, -0.25) is 0 Å². The summed E-state index contributed by atoms with van der Waals surface area (Å²) in [5.74, 6) is -1.09. The van der Waals surface area contributed by atoms with E-state index in [2.05, 4.69) is 5.32 Å². The molecule has 2 N–H and O–H groups in total. The zero-order chi connectivity index (χ0) is 15.2. The van der Waals surface area contributed by atoms with Gasteiger partial charge in [0.15, 0.2) is 0 Å². The molecular formula is C14H8F3NO2S. The maximum Gasteiger partial charge on any atom is 0.416 e. The first-order valence-corrected chi connectivity index (χ1v) is 6.70. The number of fused-ring (bicyclic) bond motifs is 2. The number of aromatic carboxylic acids is 1. The Morgan fingerprint density at radius 2 is 1.90 bits per heavy atom. The third kappa shape index (κ3) is 2.44. The number of carboxylic acids is 1. The molecule has 0 radical (unpaired) electrons. The van der Waals surface area contributed by atoms with Crippen LogP contribution in [-0.4, -0.2) is 11.1 Å². The highest BCUT2D eigenvalue weighted by molar-refractivity contribution is 7.99. The van der Waals surface area contributed by atoms with Gasteiger partial charge < -0.3 is 10.4 Å². The molecule has 21 heavy (non-hydrogen) atoms. The van der Waals surface area contributed by atoms with E-state index in [0.29, 0.717) is 21.2 Å². The van der Waals surface area contributed by atoms with Crippen LogP contribution in [-0.2, 0) is 6.18 Å². The minimum absolute atomic E-state index is 0.0885. The molecule has 0 aliphatic carbocycles. The van der Waals surface area contributed by atoms with E-state index < -0.39 is 17.7 Å². The molecule has 1 heterocycles. The maximum absolute atomic E-state index is 12.7. The SMILES string of the molecule is O=C(O)c1cccc2c1Nc1ccc(C(F)(F)F)cc1S2. The van der Waals surface area contributed by atoms with Crippen LogP contribution in [0.3, 0.4) is 0 Å². The van der Waals surface area contributed by atoms with Gasteiger partial charge in [-0.25, -0.2) is 4.79 Å². The van der Waals surface area contributed by atoms with Crippen LogP contribution in [0.15, 0.2) is 46.2 Å². The summed E-state index contributed by atoms with van der Waals surface area (Å²) in [4.78, 5) is 12.2. The molecule has 3 rings (SSSR count). The summed E-state index contributed by atoms with van der Waals surface area (Å²) in [7, 11) is 0. The van der Waals surface area contributed by atoms with Crippen LogP contribution in [0.5, 0.6) is 0 Å². The lowest BCUT2D eigenvalue weighted by Crippen LogP contribution is -2.09. The molecule has 0 saturated carbocycles. The van der Waals surface area contributed by atoms with Crippen molar-refractivity contribution in [3.05, 3.63) is 47.5 Å². The van der Waals surface area contributed by atoms with E-state index in [9.17, 15) is 18.0 Å². The van der Waals surface area contributed by atoms with Crippen LogP contribution >= 0.6 is 11.8 Å². The van der Waals surface area contributed by atoms with E-state index in [0.717, 1.165) is 23.9 Å². The average molecular weight is 311 g/mol. The van der Waals surface area contributed by atoms with Gasteiger partial charge in [-0.2, -0.15) is 13.2 Å². The molecule has 1 aliphatic heterocycles. The monoisotopic (exact) mass is 311 g/mol. The van der Waals surface area contributed by atoms with Gasteiger partial charge in [0, 0.05) is 9.79 Å². The number of para-hydroxylation sites is 1. The minimum atomic E-state index is -4.40. The topological polar surface area (TPSA) is 49.3 Å². The largest absolute Gasteiger partial charge is 0.478 e. The molecule has 108 valence electrons. The molecule has 0 atom stereocenters. The molecule has 1 aliphatic rings. The average Bonchev–Trinajstić information content (AvgIpc) is 2.42. The standard InChI is InChI=1S/C14H8F3NO2S/c15-14(16,17)7-4-5-9-11(6-7)21-10-3-1-2-8(13(19)20)12(10)18-9/h1-6,18H,(H,19,20). The number of nitrogens with one attached hydrogen (secondary N) is 1. The zero-order valence-corrected chi connectivity index (χ0v) is 11.2. The lowest BCUT2D eigenvalue weighted by atomic mass is 10.1. The van der Waals surface area contributed by atoms with Crippen molar-refractivity contribution in [2.24, 2.45) is 0 Å². The summed E-state index contributed by atoms with van der Waals surface area (Å²) < 4.78 is 38.1. The molecular weight excluding hydrogens is 303 g/mol. The number of carboxylic acid groups (broad SMARTS) is 1. The Morgan fingerprint density at radius 1 is 1.14 bits per heavy atom. The number of anilines is 2. The van der Waals surface area contributed by atoms with E-state index >= 15 is 0 Å². The highest BCUT2D eigenvalue weighted by Gasteiger charge is 2.32. The fraction of sp³-hybridized carbons (Fsp3) is 0.0714. The molecule has 7 heteroatoms. The second-order valence-electron chi connectivity index (χ2n) is 4.42. The van der Waals surface area contributed by atoms with Gasteiger partial charge in [-0.05, 0) is 30.3 Å². The van der Waals surface area contributed by atoms with Gasteiger partial charge in [0.25, 0.3) is 0 Å². The Bertz CT molecular complexity index is 743. The Labute approximate surface area is 121 Å². The smallest absolute Gasteiger partial charge is 0.416 e. The fourth-order valence-corrected chi connectivity index (χ4v) is 3.12. The van der Waals surface area contributed by atoms with Crippen molar-refractivity contribution in [1.82, 2.24) is 0 Å². The van der Waals surface area contributed by atoms with Crippen LogP contribution in [0.4, 0.5) is 24.5 Å². The fourth-order valence-electron chi connectivity index (χ4n) is 2.06. The first-order valence-electron chi connectivity index (χ1n) is 5.88. The van der Waals surface area contributed by atoms with E-state index in [1.54, 1.807) is 12.1 Å². The maximum atomic E-state index is 12.7. The number of rotatable bonds is 1.